The average molecular weight is 207 g/mol. The van der Waals surface area contributed by atoms with E-state index in [1.165, 1.54) is 10.1 Å². The van der Waals surface area contributed by atoms with Gasteiger partial charge in [-0.15, -0.1) is 11.6 Å². The van der Waals surface area contributed by atoms with Crippen LogP contribution in [0, 0.1) is 0 Å². The maximum atomic E-state index is 5.65. The third-order valence-electron chi connectivity index (χ3n) is 1.38. The van der Waals surface area contributed by atoms with Crippen molar-refractivity contribution in [2.45, 2.75) is 12.8 Å². The van der Waals surface area contributed by atoms with Gasteiger partial charge in [0.2, 0.25) is 0 Å². The van der Waals surface area contributed by atoms with Crippen molar-refractivity contribution in [3.05, 3.63) is 22.2 Å². The van der Waals surface area contributed by atoms with E-state index in [1.807, 2.05) is 0 Å². The average Bonchev–Trinajstić information content (AvgIpc) is 1.89. The molecule has 0 fully saturated rings. The lowest BCUT2D eigenvalue weighted by atomic mass is 10.1. The van der Waals surface area contributed by atoms with Gasteiger partial charge in [-0.1, -0.05) is 28.1 Å². The molecule has 0 amide bonds. The van der Waals surface area contributed by atoms with Crippen LogP contribution in [0.4, 0.5) is 0 Å². The van der Waals surface area contributed by atoms with Gasteiger partial charge < -0.3 is 0 Å². The molecule has 1 aliphatic carbocycles. The second-order valence-corrected chi connectivity index (χ2v) is 3.15. The summed E-state index contributed by atoms with van der Waals surface area (Å²) in [6.07, 6.45) is 6.47. The Morgan fingerprint density at radius 1 is 1.67 bits per heavy atom. The number of hydrogen-bond acceptors (Lipinski definition) is 0. The van der Waals surface area contributed by atoms with Crippen LogP contribution in [0.15, 0.2) is 22.2 Å². The third-order valence-corrected chi connectivity index (χ3v) is 2.52. The Hall–Kier alpha value is 0.250. The van der Waals surface area contributed by atoms with Crippen LogP contribution >= 0.6 is 27.5 Å². The first-order valence-electron chi connectivity index (χ1n) is 2.94. The van der Waals surface area contributed by atoms with Gasteiger partial charge in [-0.05, 0) is 18.4 Å². The Bertz CT molecular complexity index is 158. The summed E-state index contributed by atoms with van der Waals surface area (Å²) >= 11 is 9.08. The van der Waals surface area contributed by atoms with E-state index in [0.717, 1.165) is 12.8 Å². The maximum Gasteiger partial charge on any atom is 0.0447 e. The standard InChI is InChI=1S/C7H8BrCl/c8-7-4-2-1-3-6(7)5-9/h2,4H,1,3,5H2. The Labute approximate surface area is 68.7 Å². The fraction of sp³-hybridized carbons (Fsp3) is 0.429. The van der Waals surface area contributed by atoms with E-state index in [-0.39, 0.29) is 0 Å². The molecule has 9 heavy (non-hydrogen) atoms. The molecular weight excluding hydrogens is 199 g/mol. The number of allylic oxidation sites excluding steroid dienone is 4. The first-order valence-corrected chi connectivity index (χ1v) is 4.27. The molecule has 0 spiro atoms. The van der Waals surface area contributed by atoms with Crippen LogP contribution in [-0.4, -0.2) is 5.88 Å². The first-order chi connectivity index (χ1) is 4.34. The predicted molar refractivity (Wildman–Crippen MR) is 45.0 cm³/mol. The summed E-state index contributed by atoms with van der Waals surface area (Å²) in [5.41, 5.74) is 1.32. The van der Waals surface area contributed by atoms with E-state index in [1.54, 1.807) is 0 Å². The highest BCUT2D eigenvalue weighted by molar-refractivity contribution is 9.11. The van der Waals surface area contributed by atoms with Crippen LogP contribution in [0.1, 0.15) is 12.8 Å². The molecule has 0 nitrogen and oxygen atoms in total. The second-order valence-electron chi connectivity index (χ2n) is 2.03. The quantitative estimate of drug-likeness (QED) is 0.579. The number of hydrogen-bond donors (Lipinski definition) is 0. The highest BCUT2D eigenvalue weighted by Gasteiger charge is 2.02. The number of halogens is 2. The molecule has 0 unspecified atom stereocenters. The fourth-order valence-corrected chi connectivity index (χ4v) is 1.78. The van der Waals surface area contributed by atoms with E-state index in [4.69, 9.17) is 11.6 Å². The molecule has 0 saturated heterocycles. The monoisotopic (exact) mass is 206 g/mol. The zero-order chi connectivity index (χ0) is 6.69. The topological polar surface area (TPSA) is 0 Å². The summed E-state index contributed by atoms with van der Waals surface area (Å²) in [6.45, 7) is 0. The molecule has 1 aliphatic rings. The highest BCUT2D eigenvalue weighted by atomic mass is 79.9. The lowest BCUT2D eigenvalue weighted by Crippen LogP contribution is -1.90. The zero-order valence-electron chi connectivity index (χ0n) is 5.03. The maximum absolute atomic E-state index is 5.65. The zero-order valence-corrected chi connectivity index (χ0v) is 7.37. The summed E-state index contributed by atoms with van der Waals surface area (Å²) in [6, 6.07) is 0. The summed E-state index contributed by atoms with van der Waals surface area (Å²) in [4.78, 5) is 0. The van der Waals surface area contributed by atoms with Crippen molar-refractivity contribution < 1.29 is 0 Å². The third kappa shape index (κ3) is 1.84. The van der Waals surface area contributed by atoms with Crippen LogP contribution in [0.2, 0.25) is 0 Å². The van der Waals surface area contributed by atoms with Crippen LogP contribution < -0.4 is 0 Å². The minimum absolute atomic E-state index is 0.658. The minimum Gasteiger partial charge on any atom is -0.122 e. The molecule has 0 aromatic rings. The van der Waals surface area contributed by atoms with E-state index in [2.05, 4.69) is 28.1 Å². The van der Waals surface area contributed by atoms with Gasteiger partial charge in [0.05, 0.1) is 0 Å². The van der Waals surface area contributed by atoms with E-state index < -0.39 is 0 Å². The van der Waals surface area contributed by atoms with Crippen LogP contribution in [0.3, 0.4) is 0 Å². The fourth-order valence-electron chi connectivity index (χ4n) is 0.812. The van der Waals surface area contributed by atoms with Gasteiger partial charge in [0.15, 0.2) is 0 Å². The van der Waals surface area contributed by atoms with Crippen LogP contribution in [-0.2, 0) is 0 Å². The van der Waals surface area contributed by atoms with Crippen molar-refractivity contribution in [3.8, 4) is 0 Å². The molecule has 0 aromatic heterocycles. The van der Waals surface area contributed by atoms with Crippen molar-refractivity contribution in [3.63, 3.8) is 0 Å². The van der Waals surface area contributed by atoms with Crippen molar-refractivity contribution in [2.24, 2.45) is 0 Å². The predicted octanol–water partition coefficient (Wildman–Crippen LogP) is 3.22. The van der Waals surface area contributed by atoms with Gasteiger partial charge in [-0.2, -0.15) is 0 Å². The lowest BCUT2D eigenvalue weighted by Gasteiger charge is -2.07. The summed E-state index contributed by atoms with van der Waals surface area (Å²) in [7, 11) is 0. The summed E-state index contributed by atoms with van der Waals surface area (Å²) in [5, 5.41) is 0. The Morgan fingerprint density at radius 3 is 2.89 bits per heavy atom. The second kappa shape index (κ2) is 3.43. The summed E-state index contributed by atoms with van der Waals surface area (Å²) < 4.78 is 1.17. The largest absolute Gasteiger partial charge is 0.122 e. The Kier molecular flexibility index (Phi) is 2.80. The van der Waals surface area contributed by atoms with Gasteiger partial charge in [-0.3, -0.25) is 0 Å². The number of rotatable bonds is 1. The van der Waals surface area contributed by atoms with Crippen molar-refractivity contribution >= 4 is 27.5 Å². The van der Waals surface area contributed by atoms with Gasteiger partial charge in [-0.25, -0.2) is 0 Å². The van der Waals surface area contributed by atoms with Gasteiger partial charge in [0.25, 0.3) is 0 Å². The molecule has 0 aromatic carbocycles. The normalized spacial score (nSPS) is 18.9. The summed E-state index contributed by atoms with van der Waals surface area (Å²) in [5.74, 6) is 0.658. The van der Waals surface area contributed by atoms with Gasteiger partial charge >= 0.3 is 0 Å². The molecule has 0 N–H and O–H groups in total. The molecule has 2 heteroatoms. The Balaban J connectivity index is 2.72. The molecule has 0 heterocycles. The van der Waals surface area contributed by atoms with Crippen LogP contribution in [0.5, 0.6) is 0 Å². The lowest BCUT2D eigenvalue weighted by molar-refractivity contribution is 0.961. The van der Waals surface area contributed by atoms with E-state index in [9.17, 15) is 0 Å². The van der Waals surface area contributed by atoms with Crippen molar-refractivity contribution in [1.82, 2.24) is 0 Å². The van der Waals surface area contributed by atoms with Crippen molar-refractivity contribution in [2.75, 3.05) is 5.88 Å². The van der Waals surface area contributed by atoms with Gasteiger partial charge in [0, 0.05) is 10.4 Å². The molecule has 0 atom stereocenters. The molecule has 1 rings (SSSR count). The minimum atomic E-state index is 0.658. The van der Waals surface area contributed by atoms with Crippen LogP contribution in [0.25, 0.3) is 0 Å². The first kappa shape index (κ1) is 7.36. The molecule has 50 valence electrons. The number of alkyl halides is 1. The Morgan fingerprint density at radius 2 is 2.44 bits per heavy atom. The van der Waals surface area contributed by atoms with Gasteiger partial charge in [0.1, 0.15) is 0 Å². The van der Waals surface area contributed by atoms with E-state index in [0.29, 0.717) is 5.88 Å². The SMILES string of the molecule is ClCC1=C(Br)C=CCC1. The smallest absolute Gasteiger partial charge is 0.0447 e. The molecule has 0 saturated carbocycles. The highest BCUT2D eigenvalue weighted by Crippen LogP contribution is 2.23. The molecule has 0 aliphatic heterocycles. The molecule has 0 bridgehead atoms. The molecule has 0 radical (unpaired) electrons. The van der Waals surface area contributed by atoms with E-state index >= 15 is 0 Å². The molecular formula is C7H8BrCl. The van der Waals surface area contributed by atoms with Crippen molar-refractivity contribution in [1.29, 1.82) is 0 Å².